The molecule has 0 saturated carbocycles. The standard InChI is InChI=1S/C13H11BrClIN2O/c1-2-3-10-11(16)13(19)18-12(17-10)8-6-7(14)4-5-9(8)15/h4-6H,2-3H2,1H3,(H,17,18,19). The van der Waals surface area contributed by atoms with Gasteiger partial charge in [-0.3, -0.25) is 4.79 Å². The molecule has 0 unspecified atom stereocenters. The Balaban J connectivity index is 2.62. The van der Waals surface area contributed by atoms with Gasteiger partial charge in [0.1, 0.15) is 5.82 Å². The predicted octanol–water partition coefficient (Wildman–Crippen LogP) is 4.41. The number of H-pyrrole nitrogens is 1. The van der Waals surface area contributed by atoms with E-state index in [1.165, 1.54) is 0 Å². The molecule has 1 heterocycles. The summed E-state index contributed by atoms with van der Waals surface area (Å²) >= 11 is 11.6. The normalized spacial score (nSPS) is 10.7. The van der Waals surface area contributed by atoms with Crippen LogP contribution >= 0.6 is 50.1 Å². The van der Waals surface area contributed by atoms with E-state index >= 15 is 0 Å². The highest BCUT2D eigenvalue weighted by molar-refractivity contribution is 14.1. The van der Waals surface area contributed by atoms with Crippen molar-refractivity contribution in [2.24, 2.45) is 0 Å². The van der Waals surface area contributed by atoms with Crippen LogP contribution in [0.25, 0.3) is 11.4 Å². The van der Waals surface area contributed by atoms with Crippen LogP contribution in [0.4, 0.5) is 0 Å². The first-order chi connectivity index (χ1) is 9.02. The largest absolute Gasteiger partial charge is 0.306 e. The van der Waals surface area contributed by atoms with E-state index in [4.69, 9.17) is 11.6 Å². The smallest absolute Gasteiger partial charge is 0.264 e. The molecule has 1 N–H and O–H groups in total. The number of nitrogens with zero attached hydrogens (tertiary/aromatic N) is 1. The van der Waals surface area contributed by atoms with Crippen LogP contribution in [0.3, 0.4) is 0 Å². The minimum atomic E-state index is -0.120. The van der Waals surface area contributed by atoms with Crippen LogP contribution in [0.5, 0.6) is 0 Å². The lowest BCUT2D eigenvalue weighted by molar-refractivity contribution is 0.860. The van der Waals surface area contributed by atoms with Gasteiger partial charge in [0.15, 0.2) is 0 Å². The third kappa shape index (κ3) is 3.38. The van der Waals surface area contributed by atoms with Crippen molar-refractivity contribution >= 4 is 50.1 Å². The Morgan fingerprint density at radius 1 is 1.47 bits per heavy atom. The van der Waals surface area contributed by atoms with Crippen LogP contribution in [0.2, 0.25) is 5.02 Å². The lowest BCUT2D eigenvalue weighted by Crippen LogP contribution is -2.16. The summed E-state index contributed by atoms with van der Waals surface area (Å²) in [6.07, 6.45) is 1.72. The van der Waals surface area contributed by atoms with Gasteiger partial charge in [-0.05, 0) is 47.2 Å². The molecule has 0 saturated heterocycles. The van der Waals surface area contributed by atoms with Crippen LogP contribution in [-0.4, -0.2) is 9.97 Å². The van der Waals surface area contributed by atoms with E-state index in [2.05, 4.69) is 32.8 Å². The summed E-state index contributed by atoms with van der Waals surface area (Å²) in [5.74, 6) is 0.514. The number of aromatic amines is 1. The van der Waals surface area contributed by atoms with E-state index in [0.29, 0.717) is 14.4 Å². The fourth-order valence-electron chi connectivity index (χ4n) is 1.71. The first-order valence-corrected chi connectivity index (χ1v) is 8.02. The molecule has 0 fully saturated rings. The molecule has 0 bridgehead atoms. The molecule has 1 aromatic carbocycles. The van der Waals surface area contributed by atoms with Gasteiger partial charge in [-0.25, -0.2) is 4.98 Å². The van der Waals surface area contributed by atoms with Crippen molar-refractivity contribution < 1.29 is 0 Å². The minimum absolute atomic E-state index is 0.120. The van der Waals surface area contributed by atoms with Crippen molar-refractivity contribution in [1.82, 2.24) is 9.97 Å². The molecule has 0 aliphatic rings. The molecular formula is C13H11BrClIN2O. The summed E-state index contributed by atoms with van der Waals surface area (Å²) in [7, 11) is 0. The van der Waals surface area contributed by atoms with E-state index in [1.54, 1.807) is 6.07 Å². The quantitative estimate of drug-likeness (QED) is 0.700. The van der Waals surface area contributed by atoms with Crippen molar-refractivity contribution in [2.75, 3.05) is 0 Å². The molecule has 6 heteroatoms. The summed E-state index contributed by atoms with van der Waals surface area (Å²) in [6.45, 7) is 2.06. The van der Waals surface area contributed by atoms with Gasteiger partial charge >= 0.3 is 0 Å². The Morgan fingerprint density at radius 3 is 2.89 bits per heavy atom. The summed E-state index contributed by atoms with van der Waals surface area (Å²) in [5, 5.41) is 0.565. The van der Waals surface area contributed by atoms with Gasteiger partial charge in [-0.2, -0.15) is 0 Å². The fourth-order valence-corrected chi connectivity index (χ4v) is 2.81. The van der Waals surface area contributed by atoms with E-state index in [-0.39, 0.29) is 5.56 Å². The molecule has 19 heavy (non-hydrogen) atoms. The maximum absolute atomic E-state index is 11.9. The molecule has 0 atom stereocenters. The molecule has 0 aliphatic carbocycles. The van der Waals surface area contributed by atoms with E-state index < -0.39 is 0 Å². The predicted molar refractivity (Wildman–Crippen MR) is 89.7 cm³/mol. The lowest BCUT2D eigenvalue weighted by Gasteiger charge is -2.08. The number of hydrogen-bond donors (Lipinski definition) is 1. The van der Waals surface area contributed by atoms with E-state index in [9.17, 15) is 4.79 Å². The first kappa shape index (κ1) is 15.0. The molecular weight excluding hydrogens is 442 g/mol. The fraction of sp³-hybridized carbons (Fsp3) is 0.231. The van der Waals surface area contributed by atoms with Crippen molar-refractivity contribution in [2.45, 2.75) is 19.8 Å². The Hall–Kier alpha value is -0.400. The third-order valence-corrected chi connectivity index (χ3v) is 4.54. The molecule has 2 rings (SSSR count). The van der Waals surface area contributed by atoms with Crippen LogP contribution in [-0.2, 0) is 6.42 Å². The molecule has 100 valence electrons. The number of benzene rings is 1. The third-order valence-electron chi connectivity index (χ3n) is 2.60. The van der Waals surface area contributed by atoms with Gasteiger partial charge in [-0.15, -0.1) is 0 Å². The van der Waals surface area contributed by atoms with Crippen molar-refractivity contribution in [3.8, 4) is 11.4 Å². The van der Waals surface area contributed by atoms with Crippen LogP contribution in [0, 0.1) is 3.57 Å². The number of hydrogen-bond acceptors (Lipinski definition) is 2. The topological polar surface area (TPSA) is 45.8 Å². The number of aryl methyl sites for hydroxylation is 1. The van der Waals surface area contributed by atoms with Crippen molar-refractivity contribution in [3.63, 3.8) is 0 Å². The van der Waals surface area contributed by atoms with Gasteiger partial charge in [0.05, 0.1) is 14.3 Å². The highest BCUT2D eigenvalue weighted by atomic mass is 127. The Kier molecular flexibility index (Phi) is 5.03. The molecule has 1 aromatic heterocycles. The zero-order valence-electron chi connectivity index (χ0n) is 10.1. The highest BCUT2D eigenvalue weighted by Gasteiger charge is 2.12. The van der Waals surface area contributed by atoms with Gasteiger partial charge < -0.3 is 4.98 Å². The number of rotatable bonds is 3. The Bertz CT molecular complexity index is 672. The summed E-state index contributed by atoms with van der Waals surface area (Å²) in [5.41, 5.74) is 1.42. The minimum Gasteiger partial charge on any atom is -0.306 e. The second-order valence-electron chi connectivity index (χ2n) is 4.05. The Labute approximate surface area is 138 Å². The summed E-state index contributed by atoms with van der Waals surface area (Å²) in [6, 6.07) is 5.48. The van der Waals surface area contributed by atoms with Crippen LogP contribution in [0.15, 0.2) is 27.5 Å². The zero-order chi connectivity index (χ0) is 14.0. The maximum atomic E-state index is 11.9. The first-order valence-electron chi connectivity index (χ1n) is 5.77. The summed E-state index contributed by atoms with van der Waals surface area (Å²) < 4.78 is 1.54. The van der Waals surface area contributed by atoms with Crippen molar-refractivity contribution in [1.29, 1.82) is 0 Å². The second kappa shape index (κ2) is 6.37. The van der Waals surface area contributed by atoms with E-state index in [0.717, 1.165) is 28.6 Å². The second-order valence-corrected chi connectivity index (χ2v) is 6.45. The monoisotopic (exact) mass is 452 g/mol. The molecule has 0 aliphatic heterocycles. The molecule has 0 amide bonds. The van der Waals surface area contributed by atoms with Gasteiger partial charge in [-0.1, -0.05) is 40.9 Å². The zero-order valence-corrected chi connectivity index (χ0v) is 14.6. The highest BCUT2D eigenvalue weighted by Crippen LogP contribution is 2.28. The number of halogens is 3. The van der Waals surface area contributed by atoms with Gasteiger partial charge in [0.2, 0.25) is 0 Å². The van der Waals surface area contributed by atoms with Crippen LogP contribution < -0.4 is 5.56 Å². The maximum Gasteiger partial charge on any atom is 0.264 e. The average Bonchev–Trinajstić information content (AvgIpc) is 2.38. The summed E-state index contributed by atoms with van der Waals surface area (Å²) in [4.78, 5) is 19.3. The van der Waals surface area contributed by atoms with Crippen molar-refractivity contribution in [3.05, 3.63) is 47.3 Å². The van der Waals surface area contributed by atoms with E-state index in [1.807, 2.05) is 34.7 Å². The Morgan fingerprint density at radius 2 is 2.21 bits per heavy atom. The SMILES string of the molecule is CCCc1nc(-c2cc(Br)ccc2Cl)[nH]c(=O)c1I. The van der Waals surface area contributed by atoms with Gasteiger partial charge in [0.25, 0.3) is 5.56 Å². The lowest BCUT2D eigenvalue weighted by atomic mass is 10.2. The van der Waals surface area contributed by atoms with Crippen LogP contribution in [0.1, 0.15) is 19.0 Å². The molecule has 3 nitrogen and oxygen atoms in total. The number of aromatic nitrogens is 2. The molecule has 0 radical (unpaired) electrons. The number of nitrogens with one attached hydrogen (secondary N) is 1. The molecule has 2 aromatic rings. The average molecular weight is 454 g/mol. The van der Waals surface area contributed by atoms with Gasteiger partial charge in [0, 0.05) is 10.0 Å². The molecule has 0 spiro atoms.